The molecule has 1 saturated carbocycles. The summed E-state index contributed by atoms with van der Waals surface area (Å²) in [5.74, 6) is 0.836. The van der Waals surface area contributed by atoms with Crippen LogP contribution in [0.2, 0.25) is 0 Å². The quantitative estimate of drug-likeness (QED) is 0.560. The third-order valence-corrected chi connectivity index (χ3v) is 3.49. The van der Waals surface area contributed by atoms with Gasteiger partial charge in [0, 0.05) is 12.6 Å². The summed E-state index contributed by atoms with van der Waals surface area (Å²) < 4.78 is 0. The van der Waals surface area contributed by atoms with E-state index in [-0.39, 0.29) is 0 Å². The van der Waals surface area contributed by atoms with E-state index >= 15 is 0 Å². The van der Waals surface area contributed by atoms with Crippen molar-refractivity contribution in [2.24, 2.45) is 10.9 Å². The highest BCUT2D eigenvalue weighted by Gasteiger charge is 2.19. The molecule has 2 aliphatic rings. The Balaban J connectivity index is 1.89. The number of dihydropyridines is 1. The molecule has 1 unspecified atom stereocenters. The fourth-order valence-corrected chi connectivity index (χ4v) is 2.62. The molecule has 0 spiro atoms. The molecule has 1 nitrogen and oxygen atoms in total. The smallest absolute Gasteiger partial charge is 0.0704 e. The van der Waals surface area contributed by atoms with E-state index in [4.69, 9.17) is 0 Å². The number of hydrogen-bond acceptors (Lipinski definition) is 1. The van der Waals surface area contributed by atoms with Crippen molar-refractivity contribution >= 4 is 6.21 Å². The van der Waals surface area contributed by atoms with Crippen LogP contribution in [-0.2, 0) is 0 Å². The average molecular weight is 191 g/mol. The highest BCUT2D eigenvalue weighted by molar-refractivity contribution is 5.61. The van der Waals surface area contributed by atoms with Crippen molar-refractivity contribution in [2.45, 2.75) is 57.4 Å². The predicted molar refractivity (Wildman–Crippen MR) is 61.8 cm³/mol. The van der Waals surface area contributed by atoms with Crippen LogP contribution in [-0.4, -0.2) is 12.3 Å². The second-order valence-electron chi connectivity index (χ2n) is 4.59. The van der Waals surface area contributed by atoms with Crippen LogP contribution in [0.3, 0.4) is 0 Å². The van der Waals surface area contributed by atoms with Crippen LogP contribution in [0.15, 0.2) is 17.1 Å². The second kappa shape index (κ2) is 5.33. The lowest BCUT2D eigenvalue weighted by Crippen LogP contribution is -2.19. The zero-order chi connectivity index (χ0) is 9.64. The zero-order valence-electron chi connectivity index (χ0n) is 8.99. The fraction of sp³-hybridized carbons (Fsp3) is 0.769. The standard InChI is InChI=1S/C13H21N/c1-2-4-8-12(9-5-3-1)13-10-6-7-11-14-13/h6,10-13H,1-5,7-9H2. The lowest BCUT2D eigenvalue weighted by Gasteiger charge is -2.24. The third kappa shape index (κ3) is 2.70. The molecule has 1 atom stereocenters. The van der Waals surface area contributed by atoms with E-state index in [2.05, 4.69) is 23.4 Å². The first kappa shape index (κ1) is 9.95. The minimum atomic E-state index is 0.516. The van der Waals surface area contributed by atoms with Gasteiger partial charge < -0.3 is 0 Å². The van der Waals surface area contributed by atoms with Crippen LogP contribution < -0.4 is 0 Å². The molecular weight excluding hydrogens is 170 g/mol. The number of aliphatic imine (C=N–C) groups is 1. The van der Waals surface area contributed by atoms with Gasteiger partial charge in [-0.3, -0.25) is 4.99 Å². The summed E-state index contributed by atoms with van der Waals surface area (Å²) >= 11 is 0. The molecule has 0 radical (unpaired) electrons. The molecule has 1 aliphatic carbocycles. The number of nitrogens with zero attached hydrogens (tertiary/aromatic N) is 1. The molecule has 0 aromatic rings. The van der Waals surface area contributed by atoms with Crippen molar-refractivity contribution in [2.75, 3.05) is 0 Å². The molecule has 0 saturated heterocycles. The summed E-state index contributed by atoms with van der Waals surface area (Å²) in [5, 5.41) is 0. The van der Waals surface area contributed by atoms with Crippen molar-refractivity contribution in [3.63, 3.8) is 0 Å². The van der Waals surface area contributed by atoms with Crippen LogP contribution in [0.4, 0.5) is 0 Å². The Labute approximate surface area is 87.3 Å². The molecule has 1 aliphatic heterocycles. The molecular formula is C13H21N. The molecule has 0 N–H and O–H groups in total. The van der Waals surface area contributed by atoms with Gasteiger partial charge in [-0.05, 0) is 18.8 Å². The van der Waals surface area contributed by atoms with E-state index in [0.717, 1.165) is 12.3 Å². The van der Waals surface area contributed by atoms with E-state index in [9.17, 15) is 0 Å². The van der Waals surface area contributed by atoms with Gasteiger partial charge in [-0.2, -0.15) is 0 Å². The first-order valence-electron chi connectivity index (χ1n) is 6.15. The van der Waals surface area contributed by atoms with Gasteiger partial charge in [-0.25, -0.2) is 0 Å². The van der Waals surface area contributed by atoms with Crippen LogP contribution in [0.1, 0.15) is 51.4 Å². The van der Waals surface area contributed by atoms with Gasteiger partial charge in [0.1, 0.15) is 0 Å². The van der Waals surface area contributed by atoms with Gasteiger partial charge >= 0.3 is 0 Å². The summed E-state index contributed by atoms with van der Waals surface area (Å²) in [4.78, 5) is 4.61. The number of allylic oxidation sites excluding steroid dienone is 1. The van der Waals surface area contributed by atoms with Gasteiger partial charge in [0.15, 0.2) is 0 Å². The summed E-state index contributed by atoms with van der Waals surface area (Å²) in [6.45, 7) is 0. The molecule has 1 heteroatoms. The highest BCUT2D eigenvalue weighted by Crippen LogP contribution is 2.27. The molecule has 1 heterocycles. The molecule has 0 aromatic heterocycles. The molecule has 0 aromatic carbocycles. The topological polar surface area (TPSA) is 12.4 Å². The highest BCUT2D eigenvalue weighted by atomic mass is 14.8. The SMILES string of the molecule is C1=CC(C2CCCCCCC2)N=CC1. The summed E-state index contributed by atoms with van der Waals surface area (Å²) in [7, 11) is 0. The van der Waals surface area contributed by atoms with Crippen molar-refractivity contribution < 1.29 is 0 Å². The predicted octanol–water partition coefficient (Wildman–Crippen LogP) is 3.75. The van der Waals surface area contributed by atoms with E-state index < -0.39 is 0 Å². The zero-order valence-corrected chi connectivity index (χ0v) is 8.99. The van der Waals surface area contributed by atoms with E-state index in [0.29, 0.717) is 6.04 Å². The first-order valence-corrected chi connectivity index (χ1v) is 6.15. The Kier molecular flexibility index (Phi) is 3.79. The fourth-order valence-electron chi connectivity index (χ4n) is 2.62. The van der Waals surface area contributed by atoms with Gasteiger partial charge in [-0.1, -0.05) is 44.3 Å². The summed E-state index contributed by atoms with van der Waals surface area (Å²) in [6.07, 6.45) is 17.7. The van der Waals surface area contributed by atoms with E-state index in [1.165, 1.54) is 44.9 Å². The maximum atomic E-state index is 4.61. The Morgan fingerprint density at radius 1 is 0.929 bits per heavy atom. The number of rotatable bonds is 1. The third-order valence-electron chi connectivity index (χ3n) is 3.49. The molecule has 2 rings (SSSR count). The first-order chi connectivity index (χ1) is 6.97. The summed E-state index contributed by atoms with van der Waals surface area (Å²) in [5.41, 5.74) is 0. The summed E-state index contributed by atoms with van der Waals surface area (Å²) in [6, 6.07) is 0.516. The molecule has 0 bridgehead atoms. The maximum absolute atomic E-state index is 4.61. The van der Waals surface area contributed by atoms with Crippen LogP contribution >= 0.6 is 0 Å². The molecule has 1 fully saturated rings. The van der Waals surface area contributed by atoms with Crippen molar-refractivity contribution in [1.82, 2.24) is 0 Å². The van der Waals surface area contributed by atoms with Crippen LogP contribution in [0.5, 0.6) is 0 Å². The molecule has 14 heavy (non-hydrogen) atoms. The maximum Gasteiger partial charge on any atom is 0.0704 e. The van der Waals surface area contributed by atoms with Crippen molar-refractivity contribution in [3.8, 4) is 0 Å². The minimum absolute atomic E-state index is 0.516. The van der Waals surface area contributed by atoms with Gasteiger partial charge in [0.25, 0.3) is 0 Å². The minimum Gasteiger partial charge on any atom is -0.289 e. The number of hydrogen-bond donors (Lipinski definition) is 0. The average Bonchev–Trinajstić information content (AvgIpc) is 2.18. The molecule has 78 valence electrons. The van der Waals surface area contributed by atoms with Crippen molar-refractivity contribution in [1.29, 1.82) is 0 Å². The van der Waals surface area contributed by atoms with E-state index in [1.54, 1.807) is 0 Å². The van der Waals surface area contributed by atoms with Crippen LogP contribution in [0.25, 0.3) is 0 Å². The Morgan fingerprint density at radius 2 is 1.64 bits per heavy atom. The lowest BCUT2D eigenvalue weighted by atomic mass is 9.85. The van der Waals surface area contributed by atoms with Gasteiger partial charge in [0.2, 0.25) is 0 Å². The van der Waals surface area contributed by atoms with Gasteiger partial charge in [-0.15, -0.1) is 0 Å². The monoisotopic (exact) mass is 191 g/mol. The normalized spacial score (nSPS) is 29.9. The largest absolute Gasteiger partial charge is 0.289 e. The Morgan fingerprint density at radius 3 is 2.29 bits per heavy atom. The Bertz CT molecular complexity index is 197. The lowest BCUT2D eigenvalue weighted by molar-refractivity contribution is 0.352. The second-order valence-corrected chi connectivity index (χ2v) is 4.59. The van der Waals surface area contributed by atoms with E-state index in [1.807, 2.05) is 0 Å². The van der Waals surface area contributed by atoms with Crippen LogP contribution in [0, 0.1) is 5.92 Å². The Hall–Kier alpha value is -0.590. The molecule has 0 amide bonds. The van der Waals surface area contributed by atoms with Gasteiger partial charge in [0.05, 0.1) is 6.04 Å². The van der Waals surface area contributed by atoms with Crippen molar-refractivity contribution in [3.05, 3.63) is 12.2 Å².